The van der Waals surface area contributed by atoms with Crippen molar-refractivity contribution in [2.24, 2.45) is 4.99 Å². The smallest absolute Gasteiger partial charge is 0.105 e. The van der Waals surface area contributed by atoms with Gasteiger partial charge in [-0.25, -0.2) is 4.99 Å². The van der Waals surface area contributed by atoms with Crippen LogP contribution >= 0.6 is 0 Å². The van der Waals surface area contributed by atoms with E-state index in [0.717, 1.165) is 28.2 Å². The van der Waals surface area contributed by atoms with Crippen LogP contribution in [0.3, 0.4) is 0 Å². The van der Waals surface area contributed by atoms with Gasteiger partial charge in [0.25, 0.3) is 0 Å². The summed E-state index contributed by atoms with van der Waals surface area (Å²) in [6.45, 7) is 2.61. The van der Waals surface area contributed by atoms with Crippen molar-refractivity contribution in [1.82, 2.24) is 9.78 Å². The minimum Gasteiger partial charge on any atom is -0.389 e. The Morgan fingerprint density at radius 2 is 1.65 bits per heavy atom. The van der Waals surface area contributed by atoms with E-state index >= 15 is 0 Å². The first-order valence-corrected chi connectivity index (χ1v) is 8.58. The molecular formula is C21H23N3O2. The molecule has 3 rings (SSSR count). The highest BCUT2D eigenvalue weighted by atomic mass is 16.5. The van der Waals surface area contributed by atoms with Crippen molar-refractivity contribution in [3.05, 3.63) is 83.7 Å². The number of methoxy groups -OCH3 is 1. The monoisotopic (exact) mass is 349 g/mol. The highest BCUT2D eigenvalue weighted by Crippen LogP contribution is 2.22. The molecule has 0 unspecified atom stereocenters. The molecule has 2 aromatic carbocycles. The molecule has 1 heterocycles. The molecule has 0 radical (unpaired) electrons. The van der Waals surface area contributed by atoms with E-state index in [9.17, 15) is 5.11 Å². The predicted octanol–water partition coefficient (Wildman–Crippen LogP) is 3.37. The van der Waals surface area contributed by atoms with E-state index in [2.05, 4.69) is 5.10 Å². The van der Waals surface area contributed by atoms with Crippen LogP contribution in [0.2, 0.25) is 0 Å². The molecule has 0 fully saturated rings. The Morgan fingerprint density at radius 1 is 1.08 bits per heavy atom. The highest BCUT2D eigenvalue weighted by Gasteiger charge is 2.13. The van der Waals surface area contributed by atoms with Gasteiger partial charge in [0, 0.05) is 18.2 Å². The summed E-state index contributed by atoms with van der Waals surface area (Å²) in [6, 6.07) is 20.2. The molecule has 0 saturated carbocycles. The fourth-order valence-corrected chi connectivity index (χ4v) is 2.78. The molecule has 134 valence electrons. The van der Waals surface area contributed by atoms with Crippen LogP contribution < -0.4 is 0 Å². The lowest BCUT2D eigenvalue weighted by atomic mass is 10.0. The quantitative estimate of drug-likeness (QED) is 0.665. The maximum atomic E-state index is 9.95. The Morgan fingerprint density at radius 3 is 2.19 bits per heavy atom. The molecule has 0 aliphatic heterocycles. The first-order valence-electron chi connectivity index (χ1n) is 8.58. The van der Waals surface area contributed by atoms with E-state index < -0.39 is 6.10 Å². The molecule has 0 spiro atoms. The topological polar surface area (TPSA) is 59.6 Å². The number of aliphatic imine (C=N–C) groups is 1. The lowest BCUT2D eigenvalue weighted by molar-refractivity contribution is 0.0510. The van der Waals surface area contributed by atoms with Crippen LogP contribution in [0.1, 0.15) is 16.8 Å². The van der Waals surface area contributed by atoms with Gasteiger partial charge < -0.3 is 9.84 Å². The molecule has 26 heavy (non-hydrogen) atoms. The third-order valence-corrected chi connectivity index (χ3v) is 4.15. The molecule has 5 heteroatoms. The molecular weight excluding hydrogens is 326 g/mol. The van der Waals surface area contributed by atoms with E-state index in [0.29, 0.717) is 6.54 Å². The summed E-state index contributed by atoms with van der Waals surface area (Å²) < 4.78 is 6.74. The van der Waals surface area contributed by atoms with Crippen molar-refractivity contribution in [2.45, 2.75) is 19.6 Å². The second-order valence-corrected chi connectivity index (χ2v) is 6.10. The Kier molecular flexibility index (Phi) is 5.94. The van der Waals surface area contributed by atoms with Crippen molar-refractivity contribution in [3.63, 3.8) is 0 Å². The van der Waals surface area contributed by atoms with Gasteiger partial charge in [-0.3, -0.25) is 4.68 Å². The van der Waals surface area contributed by atoms with Crippen LogP contribution in [-0.2, 0) is 11.3 Å². The van der Waals surface area contributed by atoms with Crippen LogP contribution in [0.15, 0.2) is 71.9 Å². The van der Waals surface area contributed by atoms with Crippen molar-refractivity contribution >= 4 is 11.4 Å². The van der Waals surface area contributed by atoms with Crippen molar-refractivity contribution in [1.29, 1.82) is 0 Å². The van der Waals surface area contributed by atoms with Gasteiger partial charge in [-0.1, -0.05) is 60.7 Å². The van der Waals surface area contributed by atoms with E-state index in [-0.39, 0.29) is 6.61 Å². The molecule has 0 aliphatic rings. The molecule has 0 bridgehead atoms. The third kappa shape index (κ3) is 4.25. The number of nitrogens with zero attached hydrogens (tertiary/aromatic N) is 3. The maximum absolute atomic E-state index is 9.95. The van der Waals surface area contributed by atoms with E-state index in [4.69, 9.17) is 9.73 Å². The second-order valence-electron chi connectivity index (χ2n) is 6.10. The van der Waals surface area contributed by atoms with E-state index in [1.54, 1.807) is 18.0 Å². The van der Waals surface area contributed by atoms with Gasteiger partial charge in [-0.05, 0) is 6.92 Å². The SMILES string of the molecule is COC[C@H](O)Cn1ncc(N=C(c2ccccc2)c2ccccc2)c1C. The second kappa shape index (κ2) is 8.56. The number of benzene rings is 2. The van der Waals surface area contributed by atoms with Gasteiger partial charge in [0.15, 0.2) is 0 Å². The zero-order valence-electron chi connectivity index (χ0n) is 15.0. The summed E-state index contributed by atoms with van der Waals surface area (Å²) in [7, 11) is 1.57. The zero-order chi connectivity index (χ0) is 18.4. The molecule has 3 aromatic rings. The summed E-state index contributed by atoms with van der Waals surface area (Å²) in [4.78, 5) is 4.89. The molecule has 1 aromatic heterocycles. The average molecular weight is 349 g/mol. The normalized spacial score (nSPS) is 12.0. The van der Waals surface area contributed by atoms with Gasteiger partial charge in [0.1, 0.15) is 5.69 Å². The average Bonchev–Trinajstić information content (AvgIpc) is 3.01. The summed E-state index contributed by atoms with van der Waals surface area (Å²) in [5.41, 5.74) is 4.68. The number of rotatable bonds is 7. The molecule has 1 atom stereocenters. The highest BCUT2D eigenvalue weighted by molar-refractivity contribution is 6.13. The molecule has 1 N–H and O–H groups in total. The fourth-order valence-electron chi connectivity index (χ4n) is 2.78. The van der Waals surface area contributed by atoms with Gasteiger partial charge >= 0.3 is 0 Å². The first kappa shape index (κ1) is 18.0. The summed E-state index contributed by atoms with van der Waals surface area (Å²) in [6.07, 6.45) is 1.14. The number of ether oxygens (including phenoxy) is 1. The van der Waals surface area contributed by atoms with Gasteiger partial charge in [0.05, 0.1) is 36.9 Å². The molecule has 0 amide bonds. The minimum absolute atomic E-state index is 0.275. The molecule has 5 nitrogen and oxygen atoms in total. The summed E-state index contributed by atoms with van der Waals surface area (Å²) in [5.74, 6) is 0. The minimum atomic E-state index is -0.599. The standard InChI is InChI=1S/C21H23N3O2/c1-16-20(13-22-24(16)14-19(25)15-26-2)23-21(17-9-5-3-6-10-17)18-11-7-4-8-12-18/h3-13,19,25H,14-15H2,1-2H3/t19-/m1/s1. The first-order chi connectivity index (χ1) is 12.7. The van der Waals surface area contributed by atoms with Crippen LogP contribution in [0.25, 0.3) is 0 Å². The third-order valence-electron chi connectivity index (χ3n) is 4.15. The number of hydrogen-bond acceptors (Lipinski definition) is 4. The largest absolute Gasteiger partial charge is 0.389 e. The van der Waals surface area contributed by atoms with Crippen molar-refractivity contribution < 1.29 is 9.84 Å². The number of aliphatic hydroxyl groups is 1. The van der Waals surface area contributed by atoms with Crippen molar-refractivity contribution in [2.75, 3.05) is 13.7 Å². The molecule has 0 aliphatic carbocycles. The Hall–Kier alpha value is -2.76. The molecule has 0 saturated heterocycles. The van der Waals surface area contributed by atoms with Crippen molar-refractivity contribution in [3.8, 4) is 0 Å². The van der Waals surface area contributed by atoms with Crippen LogP contribution in [0, 0.1) is 6.92 Å². The van der Waals surface area contributed by atoms with Crippen LogP contribution in [-0.4, -0.2) is 40.4 Å². The van der Waals surface area contributed by atoms with Crippen LogP contribution in [0.4, 0.5) is 5.69 Å². The Bertz CT molecular complexity index is 816. The van der Waals surface area contributed by atoms with E-state index in [1.807, 2.05) is 67.6 Å². The lowest BCUT2D eigenvalue weighted by Crippen LogP contribution is -2.22. The summed E-state index contributed by atoms with van der Waals surface area (Å²) >= 11 is 0. The Labute approximate surface area is 153 Å². The van der Waals surface area contributed by atoms with Gasteiger partial charge in [-0.2, -0.15) is 5.10 Å². The number of hydrogen-bond donors (Lipinski definition) is 1. The number of aliphatic hydroxyl groups excluding tert-OH is 1. The van der Waals surface area contributed by atoms with Gasteiger partial charge in [-0.15, -0.1) is 0 Å². The Balaban J connectivity index is 1.98. The summed E-state index contributed by atoms with van der Waals surface area (Å²) in [5, 5.41) is 14.3. The van der Waals surface area contributed by atoms with Crippen LogP contribution in [0.5, 0.6) is 0 Å². The van der Waals surface area contributed by atoms with Gasteiger partial charge in [0.2, 0.25) is 0 Å². The zero-order valence-corrected chi connectivity index (χ0v) is 15.0. The predicted molar refractivity (Wildman–Crippen MR) is 103 cm³/mol. The lowest BCUT2D eigenvalue weighted by Gasteiger charge is -2.11. The fraction of sp³-hybridized carbons (Fsp3) is 0.238. The van der Waals surface area contributed by atoms with E-state index in [1.165, 1.54) is 0 Å². The number of aromatic nitrogens is 2. The maximum Gasteiger partial charge on any atom is 0.105 e.